The zero-order valence-corrected chi connectivity index (χ0v) is 11.4. The molecule has 2 rings (SSSR count). The van der Waals surface area contributed by atoms with Crippen molar-refractivity contribution < 1.29 is 4.39 Å². The summed E-state index contributed by atoms with van der Waals surface area (Å²) in [6, 6.07) is 14.5. The summed E-state index contributed by atoms with van der Waals surface area (Å²) in [7, 11) is 1.93. The van der Waals surface area contributed by atoms with Crippen molar-refractivity contribution in [3.05, 3.63) is 65.5 Å². The second-order valence-electron chi connectivity index (χ2n) is 4.50. The minimum atomic E-state index is -0.231. The first-order valence-electron chi connectivity index (χ1n) is 6.44. The molecule has 0 fully saturated rings. The number of hydrogen-bond acceptors (Lipinski definition) is 2. The van der Waals surface area contributed by atoms with E-state index in [1.165, 1.54) is 12.1 Å². The average molecular weight is 268 g/mol. The van der Waals surface area contributed by atoms with Crippen LogP contribution in [0.4, 0.5) is 10.1 Å². The summed E-state index contributed by atoms with van der Waals surface area (Å²) < 4.78 is 13.2. The molecule has 0 aromatic heterocycles. The van der Waals surface area contributed by atoms with Crippen LogP contribution >= 0.6 is 0 Å². The molecule has 0 aliphatic heterocycles. The van der Waals surface area contributed by atoms with Gasteiger partial charge in [-0.25, -0.2) is 4.39 Å². The normalized spacial score (nSPS) is 9.75. The van der Waals surface area contributed by atoms with Crippen molar-refractivity contribution in [2.24, 2.45) is 5.73 Å². The minimum absolute atomic E-state index is 0.231. The zero-order chi connectivity index (χ0) is 14.4. The molecular weight excluding hydrogens is 251 g/mol. The second-order valence-corrected chi connectivity index (χ2v) is 4.50. The summed E-state index contributed by atoms with van der Waals surface area (Å²) >= 11 is 0. The lowest BCUT2D eigenvalue weighted by Gasteiger charge is -2.20. The highest BCUT2D eigenvalue weighted by molar-refractivity contribution is 5.49. The van der Waals surface area contributed by atoms with Gasteiger partial charge in [0.05, 0.1) is 6.54 Å². The lowest BCUT2D eigenvalue weighted by Crippen LogP contribution is -2.17. The van der Waals surface area contributed by atoms with Gasteiger partial charge in [-0.15, -0.1) is 0 Å². The topological polar surface area (TPSA) is 29.3 Å². The Morgan fingerprint density at radius 3 is 2.70 bits per heavy atom. The molecule has 2 aromatic carbocycles. The van der Waals surface area contributed by atoms with E-state index in [-0.39, 0.29) is 5.82 Å². The molecular formula is C17H17FN2. The molecule has 0 aliphatic carbocycles. The van der Waals surface area contributed by atoms with Crippen molar-refractivity contribution in [2.45, 2.75) is 6.54 Å². The average Bonchev–Trinajstić information content (AvgIpc) is 2.46. The number of rotatable bonds is 3. The Morgan fingerprint density at radius 2 is 1.95 bits per heavy atom. The Balaban J connectivity index is 2.21. The summed E-state index contributed by atoms with van der Waals surface area (Å²) in [5.41, 5.74) is 8.31. The maximum absolute atomic E-state index is 13.2. The van der Waals surface area contributed by atoms with Gasteiger partial charge >= 0.3 is 0 Å². The summed E-state index contributed by atoms with van der Waals surface area (Å²) in [6.45, 7) is 1.01. The number of halogens is 1. The van der Waals surface area contributed by atoms with Crippen LogP contribution in [0.15, 0.2) is 48.5 Å². The molecule has 0 unspecified atom stereocenters. The van der Waals surface area contributed by atoms with Crippen LogP contribution in [0.25, 0.3) is 0 Å². The first kappa shape index (κ1) is 14.1. The van der Waals surface area contributed by atoms with Crippen LogP contribution < -0.4 is 10.6 Å². The van der Waals surface area contributed by atoms with E-state index < -0.39 is 0 Å². The summed E-state index contributed by atoms with van der Waals surface area (Å²) in [4.78, 5) is 1.99. The van der Waals surface area contributed by atoms with Gasteiger partial charge in [-0.05, 0) is 29.8 Å². The van der Waals surface area contributed by atoms with Crippen LogP contribution in [0.1, 0.15) is 11.1 Å². The molecule has 0 atom stereocenters. The van der Waals surface area contributed by atoms with E-state index in [1.807, 2.05) is 42.3 Å². The molecule has 2 aromatic rings. The molecule has 0 spiro atoms. The van der Waals surface area contributed by atoms with E-state index >= 15 is 0 Å². The molecule has 0 radical (unpaired) electrons. The molecule has 2 N–H and O–H groups in total. The third-order valence-corrected chi connectivity index (χ3v) is 3.00. The van der Waals surface area contributed by atoms with Crippen molar-refractivity contribution >= 4 is 5.69 Å². The molecule has 0 amide bonds. The van der Waals surface area contributed by atoms with E-state index in [0.29, 0.717) is 13.1 Å². The molecule has 0 heterocycles. The lowest BCUT2D eigenvalue weighted by atomic mass is 10.1. The lowest BCUT2D eigenvalue weighted by molar-refractivity contribution is 0.627. The first-order valence-corrected chi connectivity index (χ1v) is 6.44. The van der Waals surface area contributed by atoms with Gasteiger partial charge in [-0.1, -0.05) is 36.1 Å². The van der Waals surface area contributed by atoms with Crippen LogP contribution in [0.3, 0.4) is 0 Å². The third kappa shape index (κ3) is 3.59. The van der Waals surface area contributed by atoms with Crippen LogP contribution in [0, 0.1) is 17.7 Å². The Kier molecular flexibility index (Phi) is 4.75. The van der Waals surface area contributed by atoms with Crippen LogP contribution in [-0.4, -0.2) is 13.6 Å². The van der Waals surface area contributed by atoms with Gasteiger partial charge in [0.25, 0.3) is 0 Å². The maximum atomic E-state index is 13.2. The Labute approximate surface area is 119 Å². The van der Waals surface area contributed by atoms with Crippen molar-refractivity contribution in [1.29, 1.82) is 0 Å². The third-order valence-electron chi connectivity index (χ3n) is 3.00. The monoisotopic (exact) mass is 268 g/mol. The maximum Gasteiger partial charge on any atom is 0.125 e. The highest BCUT2D eigenvalue weighted by atomic mass is 19.1. The van der Waals surface area contributed by atoms with E-state index in [9.17, 15) is 4.39 Å². The van der Waals surface area contributed by atoms with Crippen LogP contribution in [-0.2, 0) is 6.54 Å². The van der Waals surface area contributed by atoms with Gasteiger partial charge in [-0.3, -0.25) is 0 Å². The fraction of sp³-hybridized carbons (Fsp3) is 0.176. The summed E-state index contributed by atoms with van der Waals surface area (Å²) in [5, 5.41) is 0. The molecule has 102 valence electrons. The smallest absolute Gasteiger partial charge is 0.125 e. The number of nitrogens with two attached hydrogens (primary N) is 1. The Hall–Kier alpha value is -2.31. The van der Waals surface area contributed by atoms with Gasteiger partial charge in [-0.2, -0.15) is 0 Å². The van der Waals surface area contributed by atoms with Gasteiger partial charge in [0.2, 0.25) is 0 Å². The van der Waals surface area contributed by atoms with Crippen molar-refractivity contribution in [3.8, 4) is 11.8 Å². The highest BCUT2D eigenvalue weighted by Gasteiger charge is 2.05. The van der Waals surface area contributed by atoms with E-state index in [4.69, 9.17) is 5.73 Å². The van der Waals surface area contributed by atoms with E-state index in [0.717, 1.165) is 16.8 Å². The molecule has 3 heteroatoms. The minimum Gasteiger partial charge on any atom is -0.370 e. The molecule has 2 nitrogen and oxygen atoms in total. The summed E-state index contributed by atoms with van der Waals surface area (Å²) in [6.07, 6.45) is 0. The molecule has 20 heavy (non-hydrogen) atoms. The van der Waals surface area contributed by atoms with Gasteiger partial charge in [0.1, 0.15) is 5.82 Å². The fourth-order valence-electron chi connectivity index (χ4n) is 1.99. The van der Waals surface area contributed by atoms with Crippen molar-refractivity contribution in [3.63, 3.8) is 0 Å². The standard InChI is InChI=1S/C17H17FN2/c1-20(17-10-4-9-16(18)12-17)13-15-7-3-2-6-14(15)8-5-11-19/h2-4,6-7,9-10,12H,11,13,19H2,1H3. The Bertz CT molecular complexity index is 641. The fourth-order valence-corrected chi connectivity index (χ4v) is 1.99. The number of anilines is 1. The van der Waals surface area contributed by atoms with Crippen LogP contribution in [0.5, 0.6) is 0 Å². The quantitative estimate of drug-likeness (QED) is 0.867. The largest absolute Gasteiger partial charge is 0.370 e. The van der Waals surface area contributed by atoms with Crippen LogP contribution in [0.2, 0.25) is 0 Å². The molecule has 0 saturated heterocycles. The number of hydrogen-bond donors (Lipinski definition) is 1. The second kappa shape index (κ2) is 6.74. The Morgan fingerprint density at radius 1 is 1.15 bits per heavy atom. The summed E-state index contributed by atoms with van der Waals surface area (Å²) in [5.74, 6) is 5.70. The predicted octanol–water partition coefficient (Wildman–Crippen LogP) is 2.77. The molecule has 0 saturated carbocycles. The van der Waals surface area contributed by atoms with E-state index in [1.54, 1.807) is 6.07 Å². The van der Waals surface area contributed by atoms with Gasteiger partial charge in [0.15, 0.2) is 0 Å². The molecule has 0 bridgehead atoms. The molecule has 0 aliphatic rings. The van der Waals surface area contributed by atoms with Crippen molar-refractivity contribution in [1.82, 2.24) is 0 Å². The highest BCUT2D eigenvalue weighted by Crippen LogP contribution is 2.18. The van der Waals surface area contributed by atoms with Gasteiger partial charge < -0.3 is 10.6 Å². The number of benzene rings is 2. The first-order chi connectivity index (χ1) is 9.70. The number of nitrogens with zero attached hydrogens (tertiary/aromatic N) is 1. The van der Waals surface area contributed by atoms with E-state index in [2.05, 4.69) is 11.8 Å². The van der Waals surface area contributed by atoms with Gasteiger partial charge in [0, 0.05) is 24.8 Å². The predicted molar refractivity (Wildman–Crippen MR) is 80.9 cm³/mol. The van der Waals surface area contributed by atoms with Crippen molar-refractivity contribution in [2.75, 3.05) is 18.5 Å². The zero-order valence-electron chi connectivity index (χ0n) is 11.4. The SMILES string of the molecule is CN(Cc1ccccc1C#CCN)c1cccc(F)c1.